The van der Waals surface area contributed by atoms with Crippen molar-refractivity contribution in [1.82, 2.24) is 9.97 Å². The minimum Gasteiger partial charge on any atom is -0.255 e. The predicted octanol–water partition coefficient (Wildman–Crippen LogP) is 2.78. The average Bonchev–Trinajstić information content (AvgIpc) is 2.99. The Balaban J connectivity index is 2.31. The number of rotatable bonds is 2. The lowest BCUT2D eigenvalue weighted by molar-refractivity contribution is -0.375. The van der Waals surface area contributed by atoms with Crippen molar-refractivity contribution in [1.29, 1.82) is 0 Å². The molecule has 0 saturated heterocycles. The lowest BCUT2D eigenvalue weighted by Crippen LogP contribution is -2.12. The van der Waals surface area contributed by atoms with Crippen LogP contribution in [0.3, 0.4) is 0 Å². The maximum Gasteiger partial charge on any atom is 0.477 e. The van der Waals surface area contributed by atoms with Gasteiger partial charge in [-0.15, -0.1) is 11.3 Å². The van der Waals surface area contributed by atoms with E-state index in [2.05, 4.69) is 9.97 Å². The van der Waals surface area contributed by atoms with Gasteiger partial charge in [0, 0.05) is 17.0 Å². The van der Waals surface area contributed by atoms with E-state index in [0.717, 1.165) is 0 Å². The van der Waals surface area contributed by atoms with Crippen LogP contribution in [0.2, 0.25) is 0 Å². The van der Waals surface area contributed by atoms with Crippen LogP contribution in [0.4, 0.5) is 0 Å². The number of amides is 1. The number of nitrogens with zero attached hydrogens (tertiary/aromatic N) is 3. The number of benzene rings is 1. The molecular weight excluding hydrogens is 278 g/mol. The van der Waals surface area contributed by atoms with Crippen LogP contribution in [0.5, 0.6) is 0 Å². The topological polar surface area (TPSA) is 86.0 Å². The zero-order chi connectivity index (χ0) is 14.1. The third-order valence-electron chi connectivity index (χ3n) is 2.76. The lowest BCUT2D eigenvalue weighted by Gasteiger charge is -2.03. The van der Waals surface area contributed by atoms with Crippen LogP contribution < -0.4 is 0 Å². The zero-order valence-electron chi connectivity index (χ0n) is 10.0. The van der Waals surface area contributed by atoms with Crippen LogP contribution in [-0.4, -0.2) is 20.8 Å². The molecule has 0 unspecified atom stereocenters. The van der Waals surface area contributed by atoms with Crippen molar-refractivity contribution in [2.45, 2.75) is 0 Å². The number of carbonyl (C=O) groups excluding carboxylic acids is 1. The number of thiazole rings is 1. The number of fused-ring (bicyclic) bond motifs is 1. The Morgan fingerprint density at radius 3 is 2.80 bits per heavy atom. The van der Waals surface area contributed by atoms with Crippen LogP contribution in [0.1, 0.15) is 10.4 Å². The molecule has 0 bridgehead atoms. The van der Waals surface area contributed by atoms with Crippen molar-refractivity contribution in [2.75, 3.05) is 0 Å². The summed E-state index contributed by atoms with van der Waals surface area (Å²) in [7, 11) is 0. The molecule has 98 valence electrons. The van der Waals surface area contributed by atoms with Crippen LogP contribution in [0, 0.1) is 10.1 Å². The first-order chi connectivity index (χ1) is 9.66. The summed E-state index contributed by atoms with van der Waals surface area (Å²) in [6.07, 6.45) is 1.62. The van der Waals surface area contributed by atoms with E-state index < -0.39 is 10.8 Å². The minimum atomic E-state index is -1.14. The van der Waals surface area contributed by atoms with Gasteiger partial charge in [0.25, 0.3) is 0 Å². The fourth-order valence-electron chi connectivity index (χ4n) is 1.91. The quantitative estimate of drug-likeness (QED) is 0.533. The molecule has 0 fully saturated rings. The van der Waals surface area contributed by atoms with Gasteiger partial charge in [-0.1, -0.05) is 18.2 Å². The normalized spacial score (nSPS) is 10.6. The van der Waals surface area contributed by atoms with E-state index in [0.29, 0.717) is 21.6 Å². The summed E-state index contributed by atoms with van der Waals surface area (Å²) in [5, 5.41) is 13.6. The van der Waals surface area contributed by atoms with E-state index in [-0.39, 0.29) is 5.56 Å². The Hall–Kier alpha value is -2.67. The highest BCUT2D eigenvalue weighted by molar-refractivity contribution is 7.13. The molecule has 6 nitrogen and oxygen atoms in total. The van der Waals surface area contributed by atoms with Crippen LogP contribution in [0.25, 0.3) is 21.6 Å². The number of pyridine rings is 1. The van der Waals surface area contributed by atoms with Crippen molar-refractivity contribution in [3.8, 4) is 10.7 Å². The molecule has 0 N–H and O–H groups in total. The molecule has 7 heteroatoms. The van der Waals surface area contributed by atoms with Gasteiger partial charge in [0.1, 0.15) is 21.2 Å². The third-order valence-corrected chi connectivity index (χ3v) is 3.56. The second-order valence-corrected chi connectivity index (χ2v) is 4.87. The maximum atomic E-state index is 11.7. The molecule has 0 aliphatic carbocycles. The molecule has 0 saturated carbocycles. The van der Waals surface area contributed by atoms with E-state index in [4.69, 9.17) is 0 Å². The first kappa shape index (κ1) is 12.4. The smallest absolute Gasteiger partial charge is 0.255 e. The van der Waals surface area contributed by atoms with Crippen molar-refractivity contribution < 1.29 is 9.72 Å². The molecule has 2 aromatic heterocycles. The van der Waals surface area contributed by atoms with Crippen molar-refractivity contribution in [2.24, 2.45) is 0 Å². The predicted molar refractivity (Wildman–Crippen MR) is 74.2 cm³/mol. The summed E-state index contributed by atoms with van der Waals surface area (Å²) in [6.45, 7) is 0. The molecule has 3 rings (SSSR count). The number of nitro groups is 1. The Kier molecular flexibility index (Phi) is 2.96. The molecule has 0 aliphatic rings. The number of hydrogen-bond acceptors (Lipinski definition) is 6. The van der Waals surface area contributed by atoms with Gasteiger partial charge < -0.3 is 0 Å². The Morgan fingerprint density at radius 1 is 1.30 bits per heavy atom. The largest absolute Gasteiger partial charge is 0.477 e. The van der Waals surface area contributed by atoms with Crippen molar-refractivity contribution >= 4 is 28.1 Å². The summed E-state index contributed by atoms with van der Waals surface area (Å²) in [4.78, 5) is 30.1. The van der Waals surface area contributed by atoms with E-state index in [1.54, 1.807) is 35.8 Å². The molecular formula is C13H7N3O3S. The second kappa shape index (κ2) is 4.78. The summed E-state index contributed by atoms with van der Waals surface area (Å²) in [5.41, 5.74) is 1.03. The third kappa shape index (κ3) is 2.04. The first-order valence-corrected chi connectivity index (χ1v) is 6.53. The molecule has 0 spiro atoms. The molecule has 0 aliphatic heterocycles. The second-order valence-electron chi connectivity index (χ2n) is 3.97. The molecule has 1 amide bonds. The van der Waals surface area contributed by atoms with Crippen molar-refractivity contribution in [3.63, 3.8) is 0 Å². The molecule has 20 heavy (non-hydrogen) atoms. The van der Waals surface area contributed by atoms with Gasteiger partial charge in [0.05, 0.1) is 5.52 Å². The van der Waals surface area contributed by atoms with Gasteiger partial charge in [0.2, 0.25) is 0 Å². The van der Waals surface area contributed by atoms with Gasteiger partial charge in [-0.05, 0) is 12.1 Å². The standard InChI is InChI=1S/C13H7N3O3S/c17-13(16(18)19)9-7-11(12-14-5-6-20-12)15-10-4-2-1-3-8(9)10/h1-7H. The summed E-state index contributed by atoms with van der Waals surface area (Å²) in [5.74, 6) is -1.14. The zero-order valence-corrected chi connectivity index (χ0v) is 10.8. The SMILES string of the molecule is O=C(c1cc(-c2nccs2)nc2ccccc12)[N+](=O)[O-]. The monoisotopic (exact) mass is 285 g/mol. The molecule has 2 heterocycles. The minimum absolute atomic E-state index is 0.0331. The number of hydrogen-bond donors (Lipinski definition) is 0. The van der Waals surface area contributed by atoms with Crippen molar-refractivity contribution in [3.05, 3.63) is 57.6 Å². The van der Waals surface area contributed by atoms with E-state index in [1.807, 2.05) is 0 Å². The van der Waals surface area contributed by atoms with Crippen LogP contribution in [0.15, 0.2) is 41.9 Å². The molecule has 1 aromatic carbocycles. The maximum absolute atomic E-state index is 11.7. The van der Waals surface area contributed by atoms with Gasteiger partial charge in [-0.2, -0.15) is 0 Å². The number of aromatic nitrogens is 2. The summed E-state index contributed by atoms with van der Waals surface area (Å²) < 4.78 is 0. The molecule has 0 radical (unpaired) electrons. The van der Waals surface area contributed by atoms with Gasteiger partial charge >= 0.3 is 5.91 Å². The fourth-order valence-corrected chi connectivity index (χ4v) is 2.51. The lowest BCUT2D eigenvalue weighted by atomic mass is 10.1. The average molecular weight is 285 g/mol. The highest BCUT2D eigenvalue weighted by Crippen LogP contribution is 2.26. The molecule has 3 aromatic rings. The summed E-state index contributed by atoms with van der Waals surface area (Å²) in [6, 6.07) is 8.26. The van der Waals surface area contributed by atoms with E-state index >= 15 is 0 Å². The number of para-hydroxylation sites is 1. The van der Waals surface area contributed by atoms with E-state index in [1.165, 1.54) is 17.4 Å². The van der Waals surface area contributed by atoms with Crippen LogP contribution in [-0.2, 0) is 0 Å². The fraction of sp³-hybridized carbons (Fsp3) is 0. The first-order valence-electron chi connectivity index (χ1n) is 5.65. The Bertz CT molecular complexity index is 815. The Labute approximate surface area is 116 Å². The van der Waals surface area contributed by atoms with Gasteiger partial charge in [-0.25, -0.2) is 14.8 Å². The highest BCUT2D eigenvalue weighted by atomic mass is 32.1. The Morgan fingerprint density at radius 2 is 2.10 bits per heavy atom. The highest BCUT2D eigenvalue weighted by Gasteiger charge is 2.23. The van der Waals surface area contributed by atoms with Crippen LogP contribution >= 0.6 is 11.3 Å². The van der Waals surface area contributed by atoms with Gasteiger partial charge in [-0.3, -0.25) is 10.1 Å². The number of carbonyl (C=O) groups is 1. The van der Waals surface area contributed by atoms with E-state index in [9.17, 15) is 14.9 Å². The van der Waals surface area contributed by atoms with Gasteiger partial charge in [0.15, 0.2) is 0 Å². The summed E-state index contributed by atoms with van der Waals surface area (Å²) >= 11 is 1.36. The molecule has 0 atom stereocenters.